The van der Waals surface area contributed by atoms with Gasteiger partial charge in [0.05, 0.1) is 6.54 Å². The van der Waals surface area contributed by atoms with Crippen molar-refractivity contribution in [1.29, 1.82) is 0 Å². The van der Waals surface area contributed by atoms with Gasteiger partial charge in [0.15, 0.2) is 5.65 Å². The number of hydrogen-bond donors (Lipinski definition) is 0. The van der Waals surface area contributed by atoms with Crippen molar-refractivity contribution in [2.24, 2.45) is 0 Å². The van der Waals surface area contributed by atoms with Crippen LogP contribution in [0.15, 0.2) is 36.9 Å². The molecule has 0 aliphatic carbocycles. The van der Waals surface area contributed by atoms with Crippen LogP contribution in [0.5, 0.6) is 0 Å². The van der Waals surface area contributed by atoms with Crippen molar-refractivity contribution in [3.05, 3.63) is 42.7 Å². The molecule has 0 saturated carbocycles. The summed E-state index contributed by atoms with van der Waals surface area (Å²) in [5.74, 6) is 2.19. The van der Waals surface area contributed by atoms with Gasteiger partial charge in [0, 0.05) is 57.5 Å². The lowest BCUT2D eigenvalue weighted by molar-refractivity contribution is 0.240. The van der Waals surface area contributed by atoms with Gasteiger partial charge in [-0.15, -0.1) is 5.10 Å². The van der Waals surface area contributed by atoms with Gasteiger partial charge < -0.3 is 9.47 Å². The first kappa shape index (κ1) is 15.1. The first-order chi connectivity index (χ1) is 11.8. The highest BCUT2D eigenvalue weighted by atomic mass is 15.4. The summed E-state index contributed by atoms with van der Waals surface area (Å²) >= 11 is 0. The zero-order chi connectivity index (χ0) is 16.4. The number of piperazine rings is 1. The molecule has 7 heteroatoms. The maximum atomic E-state index is 4.64. The van der Waals surface area contributed by atoms with Gasteiger partial charge in [-0.1, -0.05) is 6.92 Å². The fourth-order valence-corrected chi connectivity index (χ4v) is 3.25. The molecule has 0 bridgehead atoms. The molecule has 1 aliphatic heterocycles. The van der Waals surface area contributed by atoms with Gasteiger partial charge in [0.2, 0.25) is 0 Å². The van der Waals surface area contributed by atoms with E-state index in [0.717, 1.165) is 57.2 Å². The van der Waals surface area contributed by atoms with E-state index in [1.54, 1.807) is 6.20 Å². The second-order valence-electron chi connectivity index (χ2n) is 6.22. The van der Waals surface area contributed by atoms with Crippen molar-refractivity contribution in [2.75, 3.05) is 31.1 Å². The van der Waals surface area contributed by atoms with Gasteiger partial charge in [0.1, 0.15) is 11.6 Å². The Morgan fingerprint density at radius 2 is 1.83 bits per heavy atom. The predicted molar refractivity (Wildman–Crippen MR) is 93.0 cm³/mol. The number of aryl methyl sites for hydroxylation is 1. The zero-order valence-electron chi connectivity index (χ0n) is 14.0. The van der Waals surface area contributed by atoms with Crippen molar-refractivity contribution in [1.82, 2.24) is 29.0 Å². The maximum Gasteiger partial charge on any atom is 0.153 e. The van der Waals surface area contributed by atoms with E-state index in [9.17, 15) is 0 Å². The molecule has 0 unspecified atom stereocenters. The number of fused-ring (bicyclic) bond motifs is 1. The Hall–Kier alpha value is -2.41. The van der Waals surface area contributed by atoms with Crippen LogP contribution in [0.4, 0.5) is 5.82 Å². The van der Waals surface area contributed by atoms with Crippen LogP contribution in [0.3, 0.4) is 0 Å². The van der Waals surface area contributed by atoms with Crippen LogP contribution in [0.2, 0.25) is 0 Å². The summed E-state index contributed by atoms with van der Waals surface area (Å²) in [6.07, 6.45) is 8.80. The summed E-state index contributed by atoms with van der Waals surface area (Å²) in [7, 11) is 0. The van der Waals surface area contributed by atoms with Crippen molar-refractivity contribution in [3.8, 4) is 0 Å². The summed E-state index contributed by atoms with van der Waals surface area (Å²) in [6.45, 7) is 8.21. The summed E-state index contributed by atoms with van der Waals surface area (Å²) in [4.78, 5) is 13.6. The van der Waals surface area contributed by atoms with E-state index in [1.165, 1.54) is 5.82 Å². The Labute approximate surface area is 141 Å². The van der Waals surface area contributed by atoms with Crippen LogP contribution in [0, 0.1) is 0 Å². The van der Waals surface area contributed by atoms with Gasteiger partial charge in [-0.25, -0.2) is 14.5 Å². The Bertz CT molecular complexity index is 798. The molecule has 7 nitrogen and oxygen atoms in total. The molecule has 24 heavy (non-hydrogen) atoms. The van der Waals surface area contributed by atoms with Crippen LogP contribution in [-0.2, 0) is 13.1 Å². The Kier molecular flexibility index (Phi) is 4.17. The minimum Gasteiger partial charge on any atom is -0.353 e. The minimum absolute atomic E-state index is 0.889. The molecular formula is C17H23N7. The lowest BCUT2D eigenvalue weighted by atomic mass is 10.3. The van der Waals surface area contributed by atoms with Crippen LogP contribution >= 0.6 is 0 Å². The Morgan fingerprint density at radius 3 is 2.67 bits per heavy atom. The molecular weight excluding hydrogens is 302 g/mol. The van der Waals surface area contributed by atoms with Crippen molar-refractivity contribution < 1.29 is 0 Å². The zero-order valence-corrected chi connectivity index (χ0v) is 14.0. The summed E-state index contributed by atoms with van der Waals surface area (Å²) in [5.41, 5.74) is 0.889. The number of nitrogens with zero attached hydrogens (tertiary/aromatic N) is 7. The van der Waals surface area contributed by atoms with Crippen molar-refractivity contribution >= 4 is 11.5 Å². The van der Waals surface area contributed by atoms with E-state index in [4.69, 9.17) is 0 Å². The molecule has 0 spiro atoms. The number of imidazole rings is 2. The molecule has 0 amide bonds. The van der Waals surface area contributed by atoms with E-state index in [-0.39, 0.29) is 0 Å². The highest BCUT2D eigenvalue weighted by Crippen LogP contribution is 2.15. The average molecular weight is 325 g/mol. The van der Waals surface area contributed by atoms with Gasteiger partial charge in [-0.05, 0) is 18.6 Å². The van der Waals surface area contributed by atoms with Gasteiger partial charge in [-0.2, -0.15) is 0 Å². The topological polar surface area (TPSA) is 54.5 Å². The molecule has 4 rings (SSSR count). The molecule has 1 saturated heterocycles. The maximum absolute atomic E-state index is 4.64. The monoisotopic (exact) mass is 325 g/mol. The Morgan fingerprint density at radius 1 is 1.00 bits per heavy atom. The lowest BCUT2D eigenvalue weighted by Gasteiger charge is -2.35. The van der Waals surface area contributed by atoms with E-state index >= 15 is 0 Å². The molecule has 0 N–H and O–H groups in total. The number of aromatic nitrogens is 5. The quantitative estimate of drug-likeness (QED) is 0.714. The standard InChI is InChI=1S/C17H23N7/c1-2-7-22-8-5-19-17(22)14-21-10-12-23(13-11-21)16-4-3-15-18-6-9-24(15)20-16/h3-6,8-9H,2,7,10-14H2,1H3. The SMILES string of the molecule is CCCn1ccnc1CN1CCN(c2ccc3nccn3n2)CC1. The molecule has 1 aliphatic rings. The smallest absolute Gasteiger partial charge is 0.153 e. The van der Waals surface area contributed by atoms with E-state index in [1.807, 2.05) is 23.0 Å². The molecule has 0 aromatic carbocycles. The van der Waals surface area contributed by atoms with E-state index < -0.39 is 0 Å². The third-order valence-electron chi connectivity index (χ3n) is 4.57. The molecule has 3 aromatic rings. The lowest BCUT2D eigenvalue weighted by Crippen LogP contribution is -2.46. The van der Waals surface area contributed by atoms with Crippen LogP contribution in [0.25, 0.3) is 5.65 Å². The first-order valence-electron chi connectivity index (χ1n) is 8.61. The molecule has 126 valence electrons. The van der Waals surface area contributed by atoms with E-state index in [0.29, 0.717) is 0 Å². The number of rotatable bonds is 5. The highest BCUT2D eigenvalue weighted by molar-refractivity contribution is 5.46. The minimum atomic E-state index is 0.889. The normalized spacial score (nSPS) is 16.1. The number of hydrogen-bond acceptors (Lipinski definition) is 5. The van der Waals surface area contributed by atoms with Gasteiger partial charge in [0.25, 0.3) is 0 Å². The molecule has 4 heterocycles. The number of anilines is 1. The molecule has 3 aromatic heterocycles. The molecule has 0 atom stereocenters. The second-order valence-corrected chi connectivity index (χ2v) is 6.22. The average Bonchev–Trinajstić information content (AvgIpc) is 3.25. The highest BCUT2D eigenvalue weighted by Gasteiger charge is 2.19. The first-order valence-corrected chi connectivity index (χ1v) is 8.61. The van der Waals surface area contributed by atoms with Crippen molar-refractivity contribution in [2.45, 2.75) is 26.4 Å². The van der Waals surface area contributed by atoms with Crippen LogP contribution < -0.4 is 4.90 Å². The summed E-state index contributed by atoms with van der Waals surface area (Å²) in [5, 5.41) is 4.64. The fourth-order valence-electron chi connectivity index (χ4n) is 3.25. The largest absolute Gasteiger partial charge is 0.353 e. The fraction of sp³-hybridized carbons (Fsp3) is 0.471. The summed E-state index contributed by atoms with van der Waals surface area (Å²) < 4.78 is 4.10. The second kappa shape index (κ2) is 6.60. The van der Waals surface area contributed by atoms with E-state index in [2.05, 4.69) is 48.6 Å². The predicted octanol–water partition coefficient (Wildman–Crippen LogP) is 1.66. The van der Waals surface area contributed by atoms with Crippen molar-refractivity contribution in [3.63, 3.8) is 0 Å². The van der Waals surface area contributed by atoms with Crippen LogP contribution in [0.1, 0.15) is 19.2 Å². The third-order valence-corrected chi connectivity index (χ3v) is 4.57. The molecule has 1 fully saturated rings. The molecule has 0 radical (unpaired) electrons. The third kappa shape index (κ3) is 2.99. The summed E-state index contributed by atoms with van der Waals surface area (Å²) in [6, 6.07) is 4.09. The van der Waals surface area contributed by atoms with Crippen LogP contribution in [-0.4, -0.2) is 55.2 Å². The van der Waals surface area contributed by atoms with Gasteiger partial charge >= 0.3 is 0 Å². The Balaban J connectivity index is 1.38. The van der Waals surface area contributed by atoms with Gasteiger partial charge in [-0.3, -0.25) is 4.90 Å².